The molecule has 1 aromatic rings. The zero-order valence-electron chi connectivity index (χ0n) is 12.0. The predicted octanol–water partition coefficient (Wildman–Crippen LogP) is 1.38. The standard InChI is InChI=1S/C14H24N4O/c1-4-7-18(10-14(2,3)9-15)11-5-6-17-12(8-11)13(16)19/h5-6,8H,4,7,9-10,15H2,1-3H3,(H2,16,19). The first-order valence-corrected chi connectivity index (χ1v) is 6.60. The van der Waals surface area contributed by atoms with Crippen LogP contribution in [0, 0.1) is 5.41 Å². The highest BCUT2D eigenvalue weighted by atomic mass is 16.1. The van der Waals surface area contributed by atoms with Crippen molar-refractivity contribution in [3.05, 3.63) is 24.0 Å². The van der Waals surface area contributed by atoms with Crippen LogP contribution in [-0.2, 0) is 0 Å². The van der Waals surface area contributed by atoms with E-state index in [4.69, 9.17) is 11.5 Å². The van der Waals surface area contributed by atoms with Crippen molar-refractivity contribution in [2.75, 3.05) is 24.5 Å². The van der Waals surface area contributed by atoms with Crippen LogP contribution >= 0.6 is 0 Å². The highest BCUT2D eigenvalue weighted by Crippen LogP contribution is 2.22. The number of rotatable bonds is 7. The topological polar surface area (TPSA) is 85.2 Å². The van der Waals surface area contributed by atoms with Crippen molar-refractivity contribution < 1.29 is 4.79 Å². The number of aromatic nitrogens is 1. The molecule has 0 aromatic carbocycles. The fourth-order valence-corrected chi connectivity index (χ4v) is 1.90. The third kappa shape index (κ3) is 4.52. The maximum Gasteiger partial charge on any atom is 0.267 e. The molecule has 4 N–H and O–H groups in total. The van der Waals surface area contributed by atoms with E-state index in [1.807, 2.05) is 6.07 Å². The Kier molecular flexibility index (Phi) is 5.30. The summed E-state index contributed by atoms with van der Waals surface area (Å²) in [5.74, 6) is -0.503. The molecule has 106 valence electrons. The highest BCUT2D eigenvalue weighted by Gasteiger charge is 2.20. The SMILES string of the molecule is CCCN(CC(C)(C)CN)c1ccnc(C(N)=O)c1. The molecule has 5 heteroatoms. The van der Waals surface area contributed by atoms with E-state index in [-0.39, 0.29) is 5.41 Å². The predicted molar refractivity (Wildman–Crippen MR) is 78.1 cm³/mol. The van der Waals surface area contributed by atoms with Gasteiger partial charge in [-0.25, -0.2) is 0 Å². The van der Waals surface area contributed by atoms with Crippen molar-refractivity contribution in [1.29, 1.82) is 0 Å². The molecule has 0 unspecified atom stereocenters. The summed E-state index contributed by atoms with van der Waals surface area (Å²) in [4.78, 5) is 17.4. The smallest absolute Gasteiger partial charge is 0.267 e. The van der Waals surface area contributed by atoms with Gasteiger partial charge in [-0.05, 0) is 30.5 Å². The molecule has 1 rings (SSSR count). The maximum absolute atomic E-state index is 11.2. The molecule has 0 saturated carbocycles. The summed E-state index contributed by atoms with van der Waals surface area (Å²) in [6, 6.07) is 3.64. The second kappa shape index (κ2) is 6.52. The van der Waals surface area contributed by atoms with Gasteiger partial charge in [0.2, 0.25) is 0 Å². The van der Waals surface area contributed by atoms with Gasteiger partial charge in [0.1, 0.15) is 5.69 Å². The number of anilines is 1. The lowest BCUT2D eigenvalue weighted by molar-refractivity contribution is 0.0995. The molecule has 1 heterocycles. The van der Waals surface area contributed by atoms with Gasteiger partial charge in [0.25, 0.3) is 5.91 Å². The highest BCUT2D eigenvalue weighted by molar-refractivity contribution is 5.91. The Bertz CT molecular complexity index is 431. The fourth-order valence-electron chi connectivity index (χ4n) is 1.90. The van der Waals surface area contributed by atoms with Gasteiger partial charge in [-0.2, -0.15) is 0 Å². The Balaban J connectivity index is 2.98. The Morgan fingerprint density at radius 1 is 1.47 bits per heavy atom. The summed E-state index contributed by atoms with van der Waals surface area (Å²) >= 11 is 0. The van der Waals surface area contributed by atoms with E-state index in [2.05, 4.69) is 30.7 Å². The van der Waals surface area contributed by atoms with E-state index in [9.17, 15) is 4.79 Å². The van der Waals surface area contributed by atoms with Gasteiger partial charge >= 0.3 is 0 Å². The van der Waals surface area contributed by atoms with E-state index in [0.717, 1.165) is 25.2 Å². The van der Waals surface area contributed by atoms with E-state index < -0.39 is 5.91 Å². The molecule has 1 amide bonds. The Hall–Kier alpha value is -1.62. The first-order chi connectivity index (χ1) is 8.89. The molecule has 0 bridgehead atoms. The zero-order chi connectivity index (χ0) is 14.5. The number of pyridine rings is 1. The second-order valence-electron chi connectivity index (χ2n) is 5.55. The van der Waals surface area contributed by atoms with E-state index in [1.165, 1.54) is 0 Å². The van der Waals surface area contributed by atoms with Crippen molar-refractivity contribution in [2.24, 2.45) is 16.9 Å². The quantitative estimate of drug-likeness (QED) is 0.779. The summed E-state index contributed by atoms with van der Waals surface area (Å²) in [7, 11) is 0. The average Bonchev–Trinajstić information content (AvgIpc) is 2.38. The maximum atomic E-state index is 11.2. The third-order valence-corrected chi connectivity index (χ3v) is 3.03. The molecule has 0 aliphatic rings. The molecule has 19 heavy (non-hydrogen) atoms. The summed E-state index contributed by atoms with van der Waals surface area (Å²) in [6.45, 7) is 8.74. The summed E-state index contributed by atoms with van der Waals surface area (Å²) in [5, 5.41) is 0. The molecular formula is C14H24N4O. The largest absolute Gasteiger partial charge is 0.371 e. The molecule has 0 spiro atoms. The van der Waals surface area contributed by atoms with E-state index >= 15 is 0 Å². The van der Waals surface area contributed by atoms with Gasteiger partial charge in [0.05, 0.1) is 0 Å². The minimum Gasteiger partial charge on any atom is -0.371 e. The van der Waals surface area contributed by atoms with Crippen LogP contribution in [0.5, 0.6) is 0 Å². The first-order valence-electron chi connectivity index (χ1n) is 6.60. The van der Waals surface area contributed by atoms with Crippen LogP contribution in [0.4, 0.5) is 5.69 Å². The van der Waals surface area contributed by atoms with Crippen molar-refractivity contribution in [3.8, 4) is 0 Å². The van der Waals surface area contributed by atoms with Crippen molar-refractivity contribution in [3.63, 3.8) is 0 Å². The lowest BCUT2D eigenvalue weighted by atomic mass is 9.92. The van der Waals surface area contributed by atoms with Crippen LogP contribution in [-0.4, -0.2) is 30.5 Å². The number of hydrogen-bond donors (Lipinski definition) is 2. The van der Waals surface area contributed by atoms with Gasteiger partial charge in [0.15, 0.2) is 0 Å². The van der Waals surface area contributed by atoms with Gasteiger partial charge in [0, 0.05) is 25.0 Å². The molecule has 0 aliphatic carbocycles. The number of hydrogen-bond acceptors (Lipinski definition) is 4. The first kappa shape index (κ1) is 15.4. The van der Waals surface area contributed by atoms with Gasteiger partial charge in [-0.1, -0.05) is 20.8 Å². The molecule has 5 nitrogen and oxygen atoms in total. The van der Waals surface area contributed by atoms with Crippen LogP contribution in [0.2, 0.25) is 0 Å². The van der Waals surface area contributed by atoms with Gasteiger partial charge < -0.3 is 16.4 Å². The van der Waals surface area contributed by atoms with Crippen molar-refractivity contribution in [2.45, 2.75) is 27.2 Å². The molecule has 0 fully saturated rings. The molecular weight excluding hydrogens is 240 g/mol. The van der Waals surface area contributed by atoms with Gasteiger partial charge in [-0.15, -0.1) is 0 Å². The number of carbonyl (C=O) groups is 1. The minimum absolute atomic E-state index is 0.0192. The Morgan fingerprint density at radius 2 is 2.16 bits per heavy atom. The lowest BCUT2D eigenvalue weighted by Crippen LogP contribution is -2.39. The molecule has 0 saturated heterocycles. The van der Waals surface area contributed by atoms with Crippen LogP contribution in [0.15, 0.2) is 18.3 Å². The Morgan fingerprint density at radius 3 is 2.68 bits per heavy atom. The van der Waals surface area contributed by atoms with Crippen LogP contribution in [0.3, 0.4) is 0 Å². The fraction of sp³-hybridized carbons (Fsp3) is 0.571. The van der Waals surface area contributed by atoms with Crippen LogP contribution in [0.1, 0.15) is 37.7 Å². The normalized spacial score (nSPS) is 11.4. The number of carbonyl (C=O) groups excluding carboxylic acids is 1. The van der Waals surface area contributed by atoms with Crippen molar-refractivity contribution >= 4 is 11.6 Å². The lowest BCUT2D eigenvalue weighted by Gasteiger charge is -2.33. The average molecular weight is 264 g/mol. The second-order valence-corrected chi connectivity index (χ2v) is 5.55. The van der Waals surface area contributed by atoms with Crippen LogP contribution in [0.25, 0.3) is 0 Å². The minimum atomic E-state index is -0.503. The van der Waals surface area contributed by atoms with E-state index in [1.54, 1.807) is 12.3 Å². The monoisotopic (exact) mass is 264 g/mol. The molecule has 1 aromatic heterocycles. The summed E-state index contributed by atoms with van der Waals surface area (Å²) in [5.41, 5.74) is 12.3. The van der Waals surface area contributed by atoms with Gasteiger partial charge in [-0.3, -0.25) is 9.78 Å². The number of amides is 1. The molecule has 0 atom stereocenters. The zero-order valence-corrected chi connectivity index (χ0v) is 12.0. The van der Waals surface area contributed by atoms with Crippen molar-refractivity contribution in [1.82, 2.24) is 4.98 Å². The molecule has 0 radical (unpaired) electrons. The van der Waals surface area contributed by atoms with Crippen LogP contribution < -0.4 is 16.4 Å². The van der Waals surface area contributed by atoms with E-state index in [0.29, 0.717) is 12.2 Å². The number of nitrogens with zero attached hydrogens (tertiary/aromatic N) is 2. The molecule has 0 aliphatic heterocycles. The number of nitrogens with two attached hydrogens (primary N) is 2. The Labute approximate surface area is 115 Å². The third-order valence-electron chi connectivity index (χ3n) is 3.03. The number of primary amides is 1. The summed E-state index contributed by atoms with van der Waals surface area (Å²) < 4.78 is 0. The summed E-state index contributed by atoms with van der Waals surface area (Å²) in [6.07, 6.45) is 2.64.